The molecule has 0 aliphatic rings. The molecule has 1 aromatic heterocycles. The molecule has 0 aliphatic heterocycles. The van der Waals surface area contributed by atoms with Crippen molar-refractivity contribution in [2.75, 3.05) is 0 Å². The van der Waals surface area contributed by atoms with Gasteiger partial charge in [-0.3, -0.25) is 4.99 Å². The number of aromatic nitrogens is 1. The minimum Gasteiger partial charge on any atom is -0.871 e. The first-order valence-corrected chi connectivity index (χ1v) is 39.7. The molecular weight excluding hydrogens is 831 g/mol. The van der Waals surface area contributed by atoms with Crippen molar-refractivity contribution in [2.24, 2.45) is 4.99 Å². The van der Waals surface area contributed by atoms with E-state index in [0.29, 0.717) is 23.0 Å². The molecule has 0 spiro atoms. The minimum absolute atomic E-state index is 0. The summed E-state index contributed by atoms with van der Waals surface area (Å²) in [5, 5.41) is 12.8. The van der Waals surface area contributed by atoms with Crippen LogP contribution in [0.25, 0.3) is 24.8 Å². The molecule has 3 rings (SSSR count). The molecule has 0 fully saturated rings. The van der Waals surface area contributed by atoms with Gasteiger partial charge in [0.2, 0.25) is 0 Å². The molecule has 14 heteroatoms. The zero-order valence-corrected chi connectivity index (χ0v) is 47.9. The number of aliphatic imine (C=N–C) groups is 1. The van der Waals surface area contributed by atoms with Crippen molar-refractivity contribution in [3.63, 3.8) is 0 Å². The van der Waals surface area contributed by atoms with Gasteiger partial charge < -0.3 is 19.1 Å². The molecule has 0 saturated carbocycles. The monoisotopic (exact) mass is 907 g/mol. The van der Waals surface area contributed by atoms with Gasteiger partial charge in [-0.25, -0.2) is 4.98 Å². The van der Waals surface area contributed by atoms with E-state index in [2.05, 4.69) is 169 Å². The third kappa shape index (κ3) is 29.4. The van der Waals surface area contributed by atoms with Gasteiger partial charge in [-0.05, 0) is 34.4 Å². The molecule has 296 valence electrons. The first kappa shape index (κ1) is 58.5. The summed E-state index contributed by atoms with van der Waals surface area (Å²) in [4.78, 5) is 9.24. The van der Waals surface area contributed by atoms with Gasteiger partial charge in [-0.1, -0.05) is 243 Å². The zero-order chi connectivity index (χ0) is 41.1. The summed E-state index contributed by atoms with van der Waals surface area (Å²) >= 11 is 0. The molecule has 0 saturated heterocycles. The van der Waals surface area contributed by atoms with Crippen molar-refractivity contribution in [1.29, 1.82) is 0 Å². The molecule has 6 nitrogen and oxygen atoms in total. The normalized spacial score (nSPS) is 12.5. The van der Waals surface area contributed by atoms with Crippen molar-refractivity contribution in [3.8, 4) is 5.75 Å². The van der Waals surface area contributed by atoms with Crippen LogP contribution in [-0.2, 0) is 32.7 Å². The Kier molecular flexibility index (Phi) is 26.4. The van der Waals surface area contributed by atoms with Crippen LogP contribution in [0.4, 0.5) is 5.69 Å². The molecule has 3 aromatic rings. The summed E-state index contributed by atoms with van der Waals surface area (Å²) in [5.74, 6) is 0.727. The molecule has 1 heterocycles. The van der Waals surface area contributed by atoms with Crippen LogP contribution in [-0.4, -0.2) is 60.6 Å². The molecule has 0 N–H and O–H groups in total. The molecule has 0 atom stereocenters. The number of pyridine rings is 1. The Morgan fingerprint density at radius 3 is 1.17 bits per heavy atom. The smallest absolute Gasteiger partial charge is 0.871 e. The topological polar surface area (TPSA) is 90.6 Å². The van der Waals surface area contributed by atoms with Crippen LogP contribution in [0.2, 0.25) is 118 Å². The van der Waals surface area contributed by atoms with Gasteiger partial charge in [0.15, 0.2) is 0 Å². The molecule has 0 unspecified atom stereocenters. The van der Waals surface area contributed by atoms with Gasteiger partial charge in [0, 0.05) is 0 Å². The third-order valence-corrected chi connectivity index (χ3v) is 22.5. The Hall–Kier alpha value is 0.203. The number of nitrogens with zero attached hydrogens (tertiary/aromatic N) is 5. The Bertz CT molecular complexity index is 1430. The third-order valence-electron chi connectivity index (χ3n) is 6.39. The Morgan fingerprint density at radius 2 is 0.870 bits per heavy atom. The van der Waals surface area contributed by atoms with Crippen molar-refractivity contribution < 1.29 is 56.7 Å². The second-order valence-corrected chi connectivity index (χ2v) is 49.0. The summed E-state index contributed by atoms with van der Waals surface area (Å²) in [6.45, 7) is 50.1. The number of rotatable bonds is 10. The number of hydrogen-bond acceptors (Lipinski definition) is 3. The van der Waals surface area contributed by atoms with E-state index >= 15 is 0 Å². The van der Waals surface area contributed by atoms with Crippen molar-refractivity contribution in [1.82, 2.24) is 4.98 Å². The molecule has 0 radical (unpaired) electrons. The van der Waals surface area contributed by atoms with Crippen LogP contribution in [0, 0.1) is 0 Å². The zero-order valence-electron chi connectivity index (χ0n) is 39.1. The molecule has 0 bridgehead atoms. The molecular formula is C40H77LiN5OSi6Y. The average Bonchev–Trinajstić information content (AvgIpc) is 2.87. The summed E-state index contributed by atoms with van der Waals surface area (Å²) in [7, 11) is -6.64. The number of fused-ring (bicyclic) bond motifs is 1. The molecule has 0 amide bonds. The van der Waals surface area contributed by atoms with Gasteiger partial charge >= 0.3 is 51.6 Å². The van der Waals surface area contributed by atoms with Crippen LogP contribution < -0.4 is 24.0 Å². The van der Waals surface area contributed by atoms with Crippen LogP contribution in [0.15, 0.2) is 53.5 Å². The van der Waals surface area contributed by atoms with E-state index in [9.17, 15) is 5.11 Å². The molecule has 0 aliphatic carbocycles. The predicted octanol–water partition coefficient (Wildman–Crippen LogP) is 11.4. The number of hydrogen-bond donors (Lipinski definition) is 0. The first-order chi connectivity index (χ1) is 23.1. The van der Waals surface area contributed by atoms with E-state index in [-0.39, 0.29) is 57.3 Å². The minimum atomic E-state index is -1.11. The van der Waals surface area contributed by atoms with Crippen LogP contribution in [0.1, 0.15) is 56.4 Å². The summed E-state index contributed by atoms with van der Waals surface area (Å²) < 4.78 is 14.5. The summed E-state index contributed by atoms with van der Waals surface area (Å²) in [6, 6.07) is 15.4. The molecule has 54 heavy (non-hydrogen) atoms. The fourth-order valence-electron chi connectivity index (χ4n) is 6.02. The summed E-state index contributed by atoms with van der Waals surface area (Å²) in [5.41, 5.74) is 4.67. The van der Waals surface area contributed by atoms with Gasteiger partial charge in [-0.2, -0.15) is 0 Å². The van der Waals surface area contributed by atoms with E-state index in [1.54, 1.807) is 18.3 Å². The van der Waals surface area contributed by atoms with E-state index in [1.165, 1.54) is 11.1 Å². The second kappa shape index (κ2) is 24.3. The Labute approximate surface area is 377 Å². The fraction of sp³-hybridized carbons (Fsp3) is 0.600. The fourth-order valence-corrected chi connectivity index (χ4v) is 30.2. The van der Waals surface area contributed by atoms with Crippen LogP contribution in [0.5, 0.6) is 5.75 Å². The van der Waals surface area contributed by atoms with Gasteiger partial charge in [0.05, 0.1) is 23.1 Å². The van der Waals surface area contributed by atoms with E-state index < -0.39 is 49.4 Å². The van der Waals surface area contributed by atoms with E-state index in [4.69, 9.17) is 18.9 Å². The second-order valence-electron chi connectivity index (χ2n) is 20.3. The van der Waals surface area contributed by atoms with E-state index in [1.807, 2.05) is 18.2 Å². The quantitative estimate of drug-likeness (QED) is 0.150. The van der Waals surface area contributed by atoms with Crippen LogP contribution >= 0.6 is 0 Å². The summed E-state index contributed by atoms with van der Waals surface area (Å²) in [6.07, 6.45) is 1.76. The van der Waals surface area contributed by atoms with Gasteiger partial charge in [0.25, 0.3) is 0 Å². The standard InChI is InChI=1S/C22H24N2O.3C6H18NSi2.Li.Y/c1-14(2)18-8-6-9-19(15(3)4)22(18)23-13-17-12-11-16-7-5-10-20(25)21(16)24-17;3*1-8(2,3)7-9(4,5)6;;/h5-15,25H,1-4H3;3*1-6H3;;/q;3*-1;+1;+3/p-1. The predicted molar refractivity (Wildman–Crippen MR) is 253 cm³/mol. The number of para-hydroxylation sites is 2. The molecule has 2 aromatic carbocycles. The van der Waals surface area contributed by atoms with Crippen molar-refractivity contribution >= 4 is 72.2 Å². The average molecular weight is 908 g/mol. The van der Waals surface area contributed by atoms with Crippen molar-refractivity contribution in [3.05, 3.63) is 79.3 Å². The number of benzene rings is 2. The first-order valence-electron chi connectivity index (χ1n) is 19.0. The Morgan fingerprint density at radius 1 is 0.537 bits per heavy atom. The maximum Gasteiger partial charge on any atom is 3.00 e. The SMILES string of the molecule is CC(C)c1cccc(C(C)C)c1N=Cc1ccc2cccc([O-])c2n1.C[Si](C)(C)[N-][Si](C)(C)C.C[Si](C)(C)[N-][Si](C)(C)C.C[Si](C)(C)[N-][Si](C)(C)C.[Li+].[Y+3]. The van der Waals surface area contributed by atoms with E-state index in [0.717, 1.165) is 11.1 Å². The van der Waals surface area contributed by atoms with Crippen molar-refractivity contribution in [2.45, 2.75) is 157 Å². The maximum atomic E-state index is 12.0. The van der Waals surface area contributed by atoms with Gasteiger partial charge in [-0.15, -0.1) is 0 Å². The maximum absolute atomic E-state index is 12.0. The Balaban J connectivity index is -0.000000747. The van der Waals surface area contributed by atoms with Crippen LogP contribution in [0.3, 0.4) is 0 Å². The van der Waals surface area contributed by atoms with Gasteiger partial charge in [0.1, 0.15) is 0 Å². The largest absolute Gasteiger partial charge is 3.00 e.